The van der Waals surface area contributed by atoms with Gasteiger partial charge in [-0.25, -0.2) is 0 Å². The molecule has 2 aromatic rings. The second-order valence-corrected chi connectivity index (χ2v) is 8.96. The highest BCUT2D eigenvalue weighted by molar-refractivity contribution is 5.91. The van der Waals surface area contributed by atoms with E-state index < -0.39 is 0 Å². The number of hydrogen-bond acceptors (Lipinski definition) is 3. The number of hydrogen-bond donors (Lipinski definition) is 1. The third-order valence-corrected chi connectivity index (χ3v) is 6.70. The van der Waals surface area contributed by atoms with E-state index in [0.717, 1.165) is 49.6 Å². The summed E-state index contributed by atoms with van der Waals surface area (Å²) in [5.74, 6) is 1.32. The summed E-state index contributed by atoms with van der Waals surface area (Å²) in [6.45, 7) is 4.01. The molecule has 0 bridgehead atoms. The van der Waals surface area contributed by atoms with Crippen molar-refractivity contribution in [3.8, 4) is 6.07 Å². The van der Waals surface area contributed by atoms with Gasteiger partial charge in [0, 0.05) is 32.3 Å². The number of amides is 1. The average Bonchev–Trinajstić information content (AvgIpc) is 2.82. The molecule has 0 saturated heterocycles. The Morgan fingerprint density at radius 3 is 2.61 bits per heavy atom. The van der Waals surface area contributed by atoms with Crippen molar-refractivity contribution < 1.29 is 4.79 Å². The molecule has 4 rings (SSSR count). The molecule has 4 nitrogen and oxygen atoms in total. The molecule has 0 atom stereocenters. The molecule has 0 radical (unpaired) electrons. The van der Waals surface area contributed by atoms with Crippen molar-refractivity contribution >= 4 is 12.0 Å². The van der Waals surface area contributed by atoms with Gasteiger partial charge in [-0.2, -0.15) is 5.26 Å². The van der Waals surface area contributed by atoms with Crippen LogP contribution in [0.4, 0.5) is 0 Å². The Hall–Kier alpha value is -2.90. The number of carbonyl (C=O) groups excluding carboxylic acids is 1. The number of carbonyl (C=O) groups is 1. The molecule has 1 N–H and O–H groups in total. The van der Waals surface area contributed by atoms with Gasteiger partial charge in [-0.05, 0) is 78.8 Å². The lowest BCUT2D eigenvalue weighted by Crippen LogP contribution is -2.37. The Labute approximate surface area is 185 Å². The molecular formula is C27H31N3O. The van der Waals surface area contributed by atoms with E-state index in [4.69, 9.17) is 5.26 Å². The first-order chi connectivity index (χ1) is 15.2. The smallest absolute Gasteiger partial charge is 0.244 e. The van der Waals surface area contributed by atoms with Gasteiger partial charge in [0.25, 0.3) is 0 Å². The number of nitriles is 1. The summed E-state index contributed by atoms with van der Waals surface area (Å²) in [5.41, 5.74) is 4.53. The van der Waals surface area contributed by atoms with Gasteiger partial charge in [0.1, 0.15) is 0 Å². The van der Waals surface area contributed by atoms with Gasteiger partial charge in [0.2, 0.25) is 5.91 Å². The fourth-order valence-electron chi connectivity index (χ4n) is 4.86. The molecule has 1 saturated carbocycles. The molecule has 0 unspecified atom stereocenters. The first kappa shape index (κ1) is 21.3. The van der Waals surface area contributed by atoms with Crippen LogP contribution in [0, 0.1) is 23.2 Å². The van der Waals surface area contributed by atoms with E-state index in [1.807, 2.05) is 42.5 Å². The summed E-state index contributed by atoms with van der Waals surface area (Å²) in [5, 5.41) is 12.2. The topological polar surface area (TPSA) is 56.1 Å². The Bertz CT molecular complexity index is 952. The SMILES string of the molecule is N#Cc1ccc2c(c1)CN(CC1CCC(CNC(=O)/C=C/c3ccccc3)CC1)CC2. The summed E-state index contributed by atoms with van der Waals surface area (Å²) in [6, 6.07) is 18.3. The van der Waals surface area contributed by atoms with Crippen molar-refractivity contribution in [2.75, 3.05) is 19.6 Å². The highest BCUT2D eigenvalue weighted by atomic mass is 16.1. The van der Waals surface area contributed by atoms with E-state index in [0.29, 0.717) is 5.92 Å². The zero-order valence-corrected chi connectivity index (χ0v) is 18.1. The van der Waals surface area contributed by atoms with Crippen LogP contribution in [0.5, 0.6) is 0 Å². The summed E-state index contributed by atoms with van der Waals surface area (Å²) in [6.07, 6.45) is 9.44. The molecule has 2 aromatic carbocycles. The molecule has 1 amide bonds. The zero-order chi connectivity index (χ0) is 21.5. The molecule has 2 aliphatic rings. The minimum Gasteiger partial charge on any atom is -0.352 e. The predicted octanol–water partition coefficient (Wildman–Crippen LogP) is 4.55. The Kier molecular flexibility index (Phi) is 7.17. The first-order valence-corrected chi connectivity index (χ1v) is 11.4. The van der Waals surface area contributed by atoms with E-state index >= 15 is 0 Å². The Morgan fingerprint density at radius 2 is 1.84 bits per heavy atom. The van der Waals surface area contributed by atoms with Crippen molar-refractivity contribution in [3.63, 3.8) is 0 Å². The van der Waals surface area contributed by atoms with Crippen LogP contribution in [0.3, 0.4) is 0 Å². The second-order valence-electron chi connectivity index (χ2n) is 8.96. The lowest BCUT2D eigenvalue weighted by molar-refractivity contribution is -0.116. The maximum atomic E-state index is 12.1. The fourth-order valence-corrected chi connectivity index (χ4v) is 4.86. The van der Waals surface area contributed by atoms with Gasteiger partial charge in [-0.1, -0.05) is 36.4 Å². The summed E-state index contributed by atoms with van der Waals surface area (Å²) in [7, 11) is 0. The van der Waals surface area contributed by atoms with Crippen LogP contribution in [0.15, 0.2) is 54.6 Å². The van der Waals surface area contributed by atoms with Crippen LogP contribution >= 0.6 is 0 Å². The summed E-state index contributed by atoms with van der Waals surface area (Å²) >= 11 is 0. The molecule has 1 aliphatic carbocycles. The van der Waals surface area contributed by atoms with E-state index in [-0.39, 0.29) is 5.91 Å². The minimum absolute atomic E-state index is 0.00491. The number of fused-ring (bicyclic) bond motifs is 1. The molecule has 0 spiro atoms. The molecule has 1 heterocycles. The zero-order valence-electron chi connectivity index (χ0n) is 18.1. The normalized spacial score (nSPS) is 21.4. The third kappa shape index (κ3) is 6.06. The van der Waals surface area contributed by atoms with E-state index in [9.17, 15) is 4.79 Å². The number of nitrogens with one attached hydrogen (secondary N) is 1. The molecule has 160 valence electrons. The summed E-state index contributed by atoms with van der Waals surface area (Å²) in [4.78, 5) is 14.7. The molecular weight excluding hydrogens is 382 g/mol. The van der Waals surface area contributed by atoms with Crippen LogP contribution in [-0.2, 0) is 17.8 Å². The van der Waals surface area contributed by atoms with Crippen molar-refractivity contribution in [1.29, 1.82) is 5.26 Å². The van der Waals surface area contributed by atoms with Gasteiger partial charge in [-0.15, -0.1) is 0 Å². The molecule has 4 heteroatoms. The van der Waals surface area contributed by atoms with Crippen molar-refractivity contribution in [1.82, 2.24) is 10.2 Å². The van der Waals surface area contributed by atoms with Crippen molar-refractivity contribution in [2.24, 2.45) is 11.8 Å². The van der Waals surface area contributed by atoms with Gasteiger partial charge in [-0.3, -0.25) is 9.69 Å². The highest BCUT2D eigenvalue weighted by Crippen LogP contribution is 2.30. The first-order valence-electron chi connectivity index (χ1n) is 11.4. The monoisotopic (exact) mass is 413 g/mol. The molecule has 1 aliphatic heterocycles. The standard InChI is InChI=1S/C27H31N3O/c28-17-24-10-12-25-14-15-30(20-26(25)16-24)19-23-8-6-22(7-9-23)18-29-27(31)13-11-21-4-2-1-3-5-21/h1-5,10-13,16,22-23H,6-9,14-15,18-20H2,(H,29,31)/b13-11+. The number of benzene rings is 2. The van der Waals surface area contributed by atoms with E-state index in [2.05, 4.69) is 28.4 Å². The molecule has 31 heavy (non-hydrogen) atoms. The lowest BCUT2D eigenvalue weighted by atomic mass is 9.81. The maximum absolute atomic E-state index is 12.1. The summed E-state index contributed by atoms with van der Waals surface area (Å²) < 4.78 is 0. The van der Waals surface area contributed by atoms with Gasteiger partial charge < -0.3 is 5.32 Å². The molecule has 1 fully saturated rings. The Morgan fingerprint density at radius 1 is 1.06 bits per heavy atom. The van der Waals surface area contributed by atoms with Crippen molar-refractivity contribution in [3.05, 3.63) is 76.9 Å². The maximum Gasteiger partial charge on any atom is 0.244 e. The van der Waals surface area contributed by atoms with Crippen LogP contribution in [0.1, 0.15) is 47.9 Å². The number of nitrogens with zero attached hydrogens (tertiary/aromatic N) is 2. The van der Waals surface area contributed by atoms with Crippen molar-refractivity contribution in [2.45, 2.75) is 38.6 Å². The average molecular weight is 414 g/mol. The van der Waals surface area contributed by atoms with Crippen LogP contribution in [0.2, 0.25) is 0 Å². The second kappa shape index (κ2) is 10.4. The predicted molar refractivity (Wildman–Crippen MR) is 124 cm³/mol. The van der Waals surface area contributed by atoms with E-state index in [1.54, 1.807) is 6.08 Å². The van der Waals surface area contributed by atoms with Crippen LogP contribution in [0.25, 0.3) is 6.08 Å². The third-order valence-electron chi connectivity index (χ3n) is 6.70. The van der Waals surface area contributed by atoms with Gasteiger partial charge >= 0.3 is 0 Å². The highest BCUT2D eigenvalue weighted by Gasteiger charge is 2.25. The number of rotatable bonds is 6. The van der Waals surface area contributed by atoms with Gasteiger partial charge in [0.05, 0.1) is 11.6 Å². The van der Waals surface area contributed by atoms with Crippen LogP contribution < -0.4 is 5.32 Å². The Balaban J connectivity index is 1.18. The largest absolute Gasteiger partial charge is 0.352 e. The van der Waals surface area contributed by atoms with Gasteiger partial charge in [0.15, 0.2) is 0 Å². The van der Waals surface area contributed by atoms with E-state index in [1.165, 1.54) is 36.8 Å². The molecule has 0 aromatic heterocycles. The lowest BCUT2D eigenvalue weighted by Gasteiger charge is -2.35. The van der Waals surface area contributed by atoms with Crippen LogP contribution in [-0.4, -0.2) is 30.4 Å². The quantitative estimate of drug-likeness (QED) is 0.707. The fraction of sp³-hybridized carbons (Fsp3) is 0.407. The minimum atomic E-state index is -0.00491.